The van der Waals surface area contributed by atoms with Gasteiger partial charge in [-0.1, -0.05) is 19.3 Å². The van der Waals surface area contributed by atoms with Gasteiger partial charge in [-0.3, -0.25) is 9.48 Å². The maximum absolute atomic E-state index is 11.0. The number of nitrogens with zero attached hydrogens (tertiary/aromatic N) is 2. The minimum absolute atomic E-state index is 0.542. The van der Waals surface area contributed by atoms with Crippen molar-refractivity contribution in [1.82, 2.24) is 9.78 Å². The van der Waals surface area contributed by atoms with Gasteiger partial charge >= 0.3 is 0 Å². The molecule has 0 saturated heterocycles. The van der Waals surface area contributed by atoms with E-state index in [4.69, 9.17) is 0 Å². The van der Waals surface area contributed by atoms with Crippen molar-refractivity contribution in [3.8, 4) is 0 Å². The minimum atomic E-state index is 0.542. The first-order valence-corrected chi connectivity index (χ1v) is 6.42. The molecule has 2 fully saturated rings. The molecule has 0 bridgehead atoms. The summed E-state index contributed by atoms with van der Waals surface area (Å²) in [5.74, 6) is 0.574. The van der Waals surface area contributed by atoms with E-state index in [2.05, 4.69) is 9.78 Å². The molecule has 0 amide bonds. The Balaban J connectivity index is 1.85. The monoisotopic (exact) mass is 218 g/mol. The van der Waals surface area contributed by atoms with E-state index in [9.17, 15) is 4.79 Å². The Kier molecular flexibility index (Phi) is 2.54. The number of carbonyl (C=O) groups is 1. The fourth-order valence-electron chi connectivity index (χ4n) is 2.72. The summed E-state index contributed by atoms with van der Waals surface area (Å²) in [4.78, 5) is 11.0. The largest absolute Gasteiger partial charge is 0.298 e. The Bertz CT molecular complexity index is 387. The number of aromatic nitrogens is 2. The van der Waals surface area contributed by atoms with Crippen molar-refractivity contribution in [3.05, 3.63) is 17.5 Å². The van der Waals surface area contributed by atoms with Crippen molar-refractivity contribution in [3.63, 3.8) is 0 Å². The van der Waals surface area contributed by atoms with Gasteiger partial charge in [0.1, 0.15) is 0 Å². The molecule has 0 atom stereocenters. The molecule has 0 radical (unpaired) electrons. The number of carbonyl (C=O) groups excluding carboxylic acids is 1. The van der Waals surface area contributed by atoms with E-state index in [1.165, 1.54) is 44.9 Å². The molecule has 1 aromatic heterocycles. The van der Waals surface area contributed by atoms with E-state index in [-0.39, 0.29) is 0 Å². The molecule has 0 aromatic carbocycles. The third-order valence-corrected chi connectivity index (χ3v) is 3.83. The fraction of sp³-hybridized carbons (Fsp3) is 0.692. The molecule has 3 heteroatoms. The Morgan fingerprint density at radius 1 is 1.19 bits per heavy atom. The van der Waals surface area contributed by atoms with Gasteiger partial charge in [-0.05, 0) is 25.7 Å². The summed E-state index contributed by atoms with van der Waals surface area (Å²) in [5.41, 5.74) is 1.88. The number of aldehydes is 1. The molecule has 3 rings (SSSR count). The highest BCUT2D eigenvalue weighted by Crippen LogP contribution is 2.41. The molecule has 3 nitrogen and oxygen atoms in total. The lowest BCUT2D eigenvalue weighted by molar-refractivity contribution is 0.112. The van der Waals surface area contributed by atoms with Crippen molar-refractivity contribution >= 4 is 6.29 Å². The molecule has 1 aromatic rings. The average molecular weight is 218 g/mol. The average Bonchev–Trinajstić information content (AvgIpc) is 3.10. The van der Waals surface area contributed by atoms with Crippen molar-refractivity contribution in [2.24, 2.45) is 0 Å². The van der Waals surface area contributed by atoms with Crippen molar-refractivity contribution < 1.29 is 4.79 Å². The van der Waals surface area contributed by atoms with Crippen LogP contribution in [0.2, 0.25) is 0 Å². The van der Waals surface area contributed by atoms with Crippen LogP contribution in [0.4, 0.5) is 0 Å². The van der Waals surface area contributed by atoms with E-state index in [0.29, 0.717) is 12.0 Å². The quantitative estimate of drug-likeness (QED) is 0.731. The van der Waals surface area contributed by atoms with Gasteiger partial charge in [0.25, 0.3) is 0 Å². The molecule has 0 spiro atoms. The molecule has 2 aliphatic rings. The lowest BCUT2D eigenvalue weighted by atomic mass is 9.96. The zero-order valence-corrected chi connectivity index (χ0v) is 9.56. The Morgan fingerprint density at radius 2 is 1.94 bits per heavy atom. The maximum atomic E-state index is 11.0. The number of rotatable bonds is 3. The topological polar surface area (TPSA) is 34.9 Å². The third kappa shape index (κ3) is 1.79. The molecule has 2 aliphatic carbocycles. The SMILES string of the molecule is O=Cc1cn(C2CCCCC2)nc1C1CC1. The zero-order chi connectivity index (χ0) is 11.0. The van der Waals surface area contributed by atoms with E-state index in [0.717, 1.165) is 17.5 Å². The molecule has 1 heterocycles. The van der Waals surface area contributed by atoms with Gasteiger partial charge in [0.05, 0.1) is 17.3 Å². The summed E-state index contributed by atoms with van der Waals surface area (Å²) in [6, 6.07) is 0.542. The van der Waals surface area contributed by atoms with Crippen LogP contribution in [0.5, 0.6) is 0 Å². The lowest BCUT2D eigenvalue weighted by Gasteiger charge is -2.21. The number of hydrogen-bond acceptors (Lipinski definition) is 2. The molecule has 86 valence electrons. The number of hydrogen-bond donors (Lipinski definition) is 0. The predicted octanol–water partition coefficient (Wildman–Crippen LogP) is 3.08. The highest BCUT2D eigenvalue weighted by molar-refractivity contribution is 5.76. The summed E-state index contributed by atoms with van der Waals surface area (Å²) < 4.78 is 2.07. The van der Waals surface area contributed by atoms with Crippen molar-refractivity contribution in [2.45, 2.75) is 56.9 Å². The van der Waals surface area contributed by atoms with Crippen LogP contribution in [0.15, 0.2) is 6.20 Å². The first-order valence-electron chi connectivity index (χ1n) is 6.42. The van der Waals surface area contributed by atoms with Gasteiger partial charge in [-0.2, -0.15) is 5.10 Å². The van der Waals surface area contributed by atoms with Crippen LogP contribution in [0.25, 0.3) is 0 Å². The molecular formula is C13H18N2O. The molecule has 0 aliphatic heterocycles. The van der Waals surface area contributed by atoms with E-state index >= 15 is 0 Å². The molecule has 0 N–H and O–H groups in total. The van der Waals surface area contributed by atoms with Gasteiger partial charge in [0.2, 0.25) is 0 Å². The minimum Gasteiger partial charge on any atom is -0.298 e. The van der Waals surface area contributed by atoms with Crippen LogP contribution in [-0.4, -0.2) is 16.1 Å². The second kappa shape index (κ2) is 4.04. The smallest absolute Gasteiger partial charge is 0.153 e. The summed E-state index contributed by atoms with van der Waals surface area (Å²) >= 11 is 0. The Morgan fingerprint density at radius 3 is 2.56 bits per heavy atom. The van der Waals surface area contributed by atoms with Crippen LogP contribution >= 0.6 is 0 Å². The van der Waals surface area contributed by atoms with E-state index < -0.39 is 0 Å². The summed E-state index contributed by atoms with van der Waals surface area (Å²) in [6.45, 7) is 0. The first kappa shape index (κ1) is 10.1. The first-order chi connectivity index (χ1) is 7.88. The Labute approximate surface area is 95.8 Å². The lowest BCUT2D eigenvalue weighted by Crippen LogP contribution is -2.13. The van der Waals surface area contributed by atoms with Crippen molar-refractivity contribution in [1.29, 1.82) is 0 Å². The molecule has 2 saturated carbocycles. The summed E-state index contributed by atoms with van der Waals surface area (Å²) in [7, 11) is 0. The van der Waals surface area contributed by atoms with E-state index in [1.54, 1.807) is 0 Å². The maximum Gasteiger partial charge on any atom is 0.153 e. The second-order valence-electron chi connectivity index (χ2n) is 5.13. The van der Waals surface area contributed by atoms with Gasteiger partial charge < -0.3 is 0 Å². The Hall–Kier alpha value is -1.12. The zero-order valence-electron chi connectivity index (χ0n) is 9.56. The highest BCUT2D eigenvalue weighted by atomic mass is 16.1. The second-order valence-corrected chi connectivity index (χ2v) is 5.13. The third-order valence-electron chi connectivity index (χ3n) is 3.83. The molecule has 16 heavy (non-hydrogen) atoms. The highest BCUT2D eigenvalue weighted by Gasteiger charge is 2.30. The molecular weight excluding hydrogens is 200 g/mol. The predicted molar refractivity (Wildman–Crippen MR) is 61.7 cm³/mol. The summed E-state index contributed by atoms with van der Waals surface area (Å²) in [6.07, 6.45) is 11.8. The molecule has 0 unspecified atom stereocenters. The standard InChI is InChI=1S/C13H18N2O/c16-9-11-8-15(12-4-2-1-3-5-12)14-13(11)10-6-7-10/h8-10,12H,1-7H2. The van der Waals surface area contributed by atoms with Gasteiger partial charge in [0, 0.05) is 12.1 Å². The van der Waals surface area contributed by atoms with Crippen LogP contribution in [0.3, 0.4) is 0 Å². The summed E-state index contributed by atoms with van der Waals surface area (Å²) in [5, 5.41) is 4.65. The van der Waals surface area contributed by atoms with Crippen LogP contribution < -0.4 is 0 Å². The van der Waals surface area contributed by atoms with Gasteiger partial charge in [0.15, 0.2) is 6.29 Å². The van der Waals surface area contributed by atoms with Crippen LogP contribution in [0, 0.1) is 0 Å². The van der Waals surface area contributed by atoms with Crippen LogP contribution in [0.1, 0.15) is 73.0 Å². The van der Waals surface area contributed by atoms with Crippen LogP contribution in [-0.2, 0) is 0 Å². The van der Waals surface area contributed by atoms with Gasteiger partial charge in [-0.15, -0.1) is 0 Å². The normalized spacial score (nSPS) is 22.2. The fourth-order valence-corrected chi connectivity index (χ4v) is 2.72. The van der Waals surface area contributed by atoms with Gasteiger partial charge in [-0.25, -0.2) is 0 Å². The van der Waals surface area contributed by atoms with Crippen molar-refractivity contribution in [2.75, 3.05) is 0 Å². The van der Waals surface area contributed by atoms with E-state index in [1.807, 2.05) is 6.20 Å².